The first kappa shape index (κ1) is 19.1. The second-order valence-corrected chi connectivity index (χ2v) is 6.17. The highest BCUT2D eigenvalue weighted by atomic mass is 35.5. The SMILES string of the molecule is O=C(Nc1cccc(OC(=O)c2ccccc2C(=O)O)c1)c1ccc(Cl)cc1. The highest BCUT2D eigenvalue weighted by Crippen LogP contribution is 2.21. The maximum atomic E-state index is 12.3. The molecule has 0 saturated carbocycles. The molecule has 0 heterocycles. The van der Waals surface area contributed by atoms with Gasteiger partial charge in [-0.15, -0.1) is 0 Å². The van der Waals surface area contributed by atoms with E-state index in [0.717, 1.165) is 0 Å². The summed E-state index contributed by atoms with van der Waals surface area (Å²) in [6, 6.07) is 18.4. The Morgan fingerprint density at radius 2 is 1.54 bits per heavy atom. The smallest absolute Gasteiger partial charge is 0.344 e. The molecule has 0 atom stereocenters. The van der Waals surface area contributed by atoms with Crippen molar-refractivity contribution in [2.45, 2.75) is 0 Å². The molecule has 0 aromatic heterocycles. The summed E-state index contributed by atoms with van der Waals surface area (Å²) in [7, 11) is 0. The van der Waals surface area contributed by atoms with Crippen LogP contribution in [0.5, 0.6) is 5.75 Å². The van der Waals surface area contributed by atoms with Crippen molar-refractivity contribution in [2.24, 2.45) is 0 Å². The van der Waals surface area contributed by atoms with Crippen molar-refractivity contribution in [3.63, 3.8) is 0 Å². The van der Waals surface area contributed by atoms with Gasteiger partial charge in [0.25, 0.3) is 5.91 Å². The second kappa shape index (κ2) is 8.37. The molecular weight excluding hydrogens is 382 g/mol. The molecule has 0 bridgehead atoms. The number of anilines is 1. The molecule has 0 unspecified atom stereocenters. The van der Waals surface area contributed by atoms with E-state index in [-0.39, 0.29) is 22.8 Å². The molecule has 0 aliphatic carbocycles. The van der Waals surface area contributed by atoms with Crippen LogP contribution in [-0.2, 0) is 0 Å². The number of amides is 1. The first-order valence-electron chi connectivity index (χ1n) is 8.15. The number of benzene rings is 3. The molecule has 3 aromatic rings. The Kier molecular flexibility index (Phi) is 5.72. The van der Waals surface area contributed by atoms with E-state index in [1.54, 1.807) is 42.5 Å². The lowest BCUT2D eigenvalue weighted by molar-refractivity contribution is 0.0668. The van der Waals surface area contributed by atoms with E-state index >= 15 is 0 Å². The first-order valence-corrected chi connectivity index (χ1v) is 8.53. The van der Waals surface area contributed by atoms with Crippen molar-refractivity contribution >= 4 is 35.1 Å². The number of hydrogen-bond donors (Lipinski definition) is 2. The number of carboxylic acids is 1. The maximum Gasteiger partial charge on any atom is 0.344 e. The highest BCUT2D eigenvalue weighted by molar-refractivity contribution is 6.30. The number of carbonyl (C=O) groups excluding carboxylic acids is 2. The summed E-state index contributed by atoms with van der Waals surface area (Å²) in [6.07, 6.45) is 0. The van der Waals surface area contributed by atoms with Gasteiger partial charge in [-0.05, 0) is 48.5 Å². The number of ether oxygens (including phenoxy) is 1. The van der Waals surface area contributed by atoms with Gasteiger partial charge in [0, 0.05) is 22.3 Å². The summed E-state index contributed by atoms with van der Waals surface area (Å²) in [5, 5.41) is 12.4. The molecule has 0 saturated heterocycles. The fourth-order valence-electron chi connectivity index (χ4n) is 2.45. The maximum absolute atomic E-state index is 12.3. The van der Waals surface area contributed by atoms with Crippen LogP contribution < -0.4 is 10.1 Å². The molecule has 3 aromatic carbocycles. The minimum absolute atomic E-state index is 0.0643. The largest absolute Gasteiger partial charge is 0.478 e. The molecule has 0 radical (unpaired) electrons. The summed E-state index contributed by atoms with van der Waals surface area (Å²) in [4.78, 5) is 35.9. The van der Waals surface area contributed by atoms with Gasteiger partial charge in [-0.3, -0.25) is 4.79 Å². The van der Waals surface area contributed by atoms with Crippen molar-refractivity contribution < 1.29 is 24.2 Å². The van der Waals surface area contributed by atoms with Crippen LogP contribution >= 0.6 is 11.6 Å². The number of aromatic carboxylic acids is 1. The average molecular weight is 396 g/mol. The van der Waals surface area contributed by atoms with Crippen LogP contribution in [0.25, 0.3) is 0 Å². The lowest BCUT2D eigenvalue weighted by Crippen LogP contribution is -2.14. The Balaban J connectivity index is 1.75. The van der Waals surface area contributed by atoms with E-state index in [0.29, 0.717) is 16.3 Å². The summed E-state index contributed by atoms with van der Waals surface area (Å²) in [5.41, 5.74) is 0.615. The number of carbonyl (C=O) groups is 3. The summed E-state index contributed by atoms with van der Waals surface area (Å²) >= 11 is 5.81. The third-order valence-electron chi connectivity index (χ3n) is 3.79. The molecule has 2 N–H and O–H groups in total. The molecule has 0 aliphatic heterocycles. The molecule has 6 nitrogen and oxygen atoms in total. The van der Waals surface area contributed by atoms with Gasteiger partial charge in [-0.1, -0.05) is 29.8 Å². The molecule has 140 valence electrons. The van der Waals surface area contributed by atoms with Crippen LogP contribution in [0.3, 0.4) is 0 Å². The number of rotatable bonds is 5. The minimum Gasteiger partial charge on any atom is -0.478 e. The van der Waals surface area contributed by atoms with E-state index < -0.39 is 11.9 Å². The lowest BCUT2D eigenvalue weighted by Gasteiger charge is -2.09. The standard InChI is InChI=1S/C21H14ClNO5/c22-14-10-8-13(9-11-14)19(24)23-15-4-3-5-16(12-15)28-21(27)18-7-2-1-6-17(18)20(25)26/h1-12H,(H,23,24)(H,25,26). The molecular formula is C21H14ClNO5. The van der Waals surface area contributed by atoms with Crippen LogP contribution in [0.4, 0.5) is 5.69 Å². The summed E-state index contributed by atoms with van der Waals surface area (Å²) < 4.78 is 5.26. The third kappa shape index (κ3) is 4.55. The molecule has 0 spiro atoms. The van der Waals surface area contributed by atoms with Crippen molar-refractivity contribution in [2.75, 3.05) is 5.32 Å². The quantitative estimate of drug-likeness (QED) is 0.489. The Morgan fingerprint density at radius 1 is 0.857 bits per heavy atom. The van der Waals surface area contributed by atoms with E-state index in [1.165, 1.54) is 30.3 Å². The number of carboxylic acid groups (broad SMARTS) is 1. The van der Waals surface area contributed by atoms with Crippen LogP contribution in [0, 0.1) is 0 Å². The second-order valence-electron chi connectivity index (χ2n) is 5.73. The summed E-state index contributed by atoms with van der Waals surface area (Å²) in [5.74, 6) is -2.22. The summed E-state index contributed by atoms with van der Waals surface area (Å²) in [6.45, 7) is 0. The van der Waals surface area contributed by atoms with E-state index in [2.05, 4.69) is 5.32 Å². The van der Waals surface area contributed by atoms with Gasteiger partial charge >= 0.3 is 11.9 Å². The molecule has 3 rings (SSSR count). The third-order valence-corrected chi connectivity index (χ3v) is 4.04. The predicted molar refractivity (Wildman–Crippen MR) is 104 cm³/mol. The van der Waals surface area contributed by atoms with E-state index in [1.807, 2.05) is 0 Å². The normalized spacial score (nSPS) is 10.2. The molecule has 28 heavy (non-hydrogen) atoms. The Bertz CT molecular complexity index is 1050. The monoisotopic (exact) mass is 395 g/mol. The molecule has 1 amide bonds. The fraction of sp³-hybridized carbons (Fsp3) is 0. The predicted octanol–water partition coefficient (Wildman–Crippen LogP) is 4.51. The van der Waals surface area contributed by atoms with Gasteiger partial charge < -0.3 is 15.2 Å². The van der Waals surface area contributed by atoms with E-state index in [9.17, 15) is 19.5 Å². The highest BCUT2D eigenvalue weighted by Gasteiger charge is 2.18. The van der Waals surface area contributed by atoms with Gasteiger partial charge in [0.15, 0.2) is 0 Å². The van der Waals surface area contributed by atoms with E-state index in [4.69, 9.17) is 16.3 Å². The zero-order chi connectivity index (χ0) is 20.1. The fourth-order valence-corrected chi connectivity index (χ4v) is 2.58. The van der Waals surface area contributed by atoms with Crippen molar-refractivity contribution in [1.82, 2.24) is 0 Å². The van der Waals surface area contributed by atoms with Crippen LogP contribution in [0.15, 0.2) is 72.8 Å². The number of halogens is 1. The average Bonchev–Trinajstić information content (AvgIpc) is 2.68. The van der Waals surface area contributed by atoms with Gasteiger partial charge in [0.05, 0.1) is 11.1 Å². The van der Waals surface area contributed by atoms with Crippen LogP contribution in [-0.4, -0.2) is 23.0 Å². The zero-order valence-electron chi connectivity index (χ0n) is 14.4. The number of hydrogen-bond acceptors (Lipinski definition) is 4. The first-order chi connectivity index (χ1) is 13.4. The van der Waals surface area contributed by atoms with Crippen molar-refractivity contribution in [3.05, 3.63) is 94.5 Å². The molecule has 0 fully saturated rings. The van der Waals surface area contributed by atoms with Gasteiger partial charge in [-0.2, -0.15) is 0 Å². The Labute approximate surface area is 165 Å². The van der Waals surface area contributed by atoms with Gasteiger partial charge in [0.1, 0.15) is 5.75 Å². The Hall–Kier alpha value is -3.64. The number of esters is 1. The van der Waals surface area contributed by atoms with Crippen molar-refractivity contribution in [3.8, 4) is 5.75 Å². The Morgan fingerprint density at radius 3 is 2.21 bits per heavy atom. The topological polar surface area (TPSA) is 92.7 Å². The zero-order valence-corrected chi connectivity index (χ0v) is 15.1. The minimum atomic E-state index is -1.23. The van der Waals surface area contributed by atoms with Crippen molar-refractivity contribution in [1.29, 1.82) is 0 Å². The lowest BCUT2D eigenvalue weighted by atomic mass is 10.1. The van der Waals surface area contributed by atoms with Crippen LogP contribution in [0.1, 0.15) is 31.1 Å². The molecule has 7 heteroatoms. The van der Waals surface area contributed by atoms with Crippen LogP contribution in [0.2, 0.25) is 5.02 Å². The van der Waals surface area contributed by atoms with Gasteiger partial charge in [-0.25, -0.2) is 9.59 Å². The molecule has 0 aliphatic rings. The van der Waals surface area contributed by atoms with Gasteiger partial charge in [0.2, 0.25) is 0 Å². The number of nitrogens with one attached hydrogen (secondary N) is 1.